The summed E-state index contributed by atoms with van der Waals surface area (Å²) < 4.78 is 6.13. The molecule has 0 bridgehead atoms. The number of nitrogens with one attached hydrogen (secondary N) is 1. The molecule has 2 nitrogen and oxygen atoms in total. The first kappa shape index (κ1) is 15.3. The molecule has 19 heavy (non-hydrogen) atoms. The zero-order chi connectivity index (χ0) is 13.7. The van der Waals surface area contributed by atoms with Gasteiger partial charge in [-0.1, -0.05) is 30.1 Å². The number of hydrogen-bond acceptors (Lipinski definition) is 3. The maximum atomic E-state index is 6.18. The van der Waals surface area contributed by atoms with Gasteiger partial charge in [-0.15, -0.1) is 0 Å². The van der Waals surface area contributed by atoms with Gasteiger partial charge in [-0.05, 0) is 36.9 Å². The van der Waals surface area contributed by atoms with E-state index in [-0.39, 0.29) is 6.10 Å². The highest BCUT2D eigenvalue weighted by molar-refractivity contribution is 7.99. The molecule has 1 aromatic rings. The van der Waals surface area contributed by atoms with Crippen LogP contribution in [0.1, 0.15) is 13.3 Å². The van der Waals surface area contributed by atoms with Crippen molar-refractivity contribution >= 4 is 35.0 Å². The average Bonchev–Trinajstić information content (AvgIpc) is 2.90. The third-order valence-electron chi connectivity index (χ3n) is 3.28. The number of ether oxygens (including phenoxy) is 1. The van der Waals surface area contributed by atoms with Gasteiger partial charge in [0.25, 0.3) is 0 Å². The number of benzene rings is 1. The summed E-state index contributed by atoms with van der Waals surface area (Å²) in [5.41, 5.74) is 0. The largest absolute Gasteiger partial charge is 0.488 e. The number of halogens is 2. The van der Waals surface area contributed by atoms with Crippen LogP contribution in [0.3, 0.4) is 0 Å². The van der Waals surface area contributed by atoms with E-state index in [2.05, 4.69) is 12.2 Å². The van der Waals surface area contributed by atoms with Gasteiger partial charge in [0.1, 0.15) is 11.9 Å². The lowest BCUT2D eigenvalue weighted by Gasteiger charge is -2.24. The highest BCUT2D eigenvalue weighted by Gasteiger charge is 2.26. The molecule has 1 fully saturated rings. The second-order valence-electron chi connectivity index (χ2n) is 4.64. The van der Waals surface area contributed by atoms with E-state index in [1.807, 2.05) is 23.9 Å². The molecule has 0 saturated carbocycles. The van der Waals surface area contributed by atoms with Crippen molar-refractivity contribution in [2.24, 2.45) is 5.92 Å². The van der Waals surface area contributed by atoms with Crippen molar-refractivity contribution in [3.63, 3.8) is 0 Å². The van der Waals surface area contributed by atoms with Gasteiger partial charge in [0.2, 0.25) is 0 Å². The van der Waals surface area contributed by atoms with Gasteiger partial charge in [-0.25, -0.2) is 0 Å². The lowest BCUT2D eigenvalue weighted by Crippen LogP contribution is -2.31. The van der Waals surface area contributed by atoms with Gasteiger partial charge in [0.05, 0.1) is 5.02 Å². The van der Waals surface area contributed by atoms with Crippen molar-refractivity contribution in [3.8, 4) is 5.75 Å². The quantitative estimate of drug-likeness (QED) is 0.852. The zero-order valence-corrected chi connectivity index (χ0v) is 13.3. The van der Waals surface area contributed by atoms with Crippen molar-refractivity contribution in [2.45, 2.75) is 19.4 Å². The minimum absolute atomic E-state index is 0.207. The topological polar surface area (TPSA) is 21.3 Å². The third-order valence-corrected chi connectivity index (χ3v) is 4.79. The lowest BCUT2D eigenvalue weighted by molar-refractivity contribution is 0.165. The molecule has 1 saturated heterocycles. The molecule has 0 aliphatic carbocycles. The van der Waals surface area contributed by atoms with Crippen LogP contribution in [0.4, 0.5) is 0 Å². The Kier molecular flexibility index (Phi) is 6.14. The van der Waals surface area contributed by atoms with Crippen LogP contribution in [-0.2, 0) is 0 Å². The van der Waals surface area contributed by atoms with Crippen LogP contribution in [0.2, 0.25) is 10.0 Å². The summed E-state index contributed by atoms with van der Waals surface area (Å²) in [5.74, 6) is 3.40. The lowest BCUT2D eigenvalue weighted by atomic mass is 10.0. The second kappa shape index (κ2) is 7.63. The molecule has 0 radical (unpaired) electrons. The van der Waals surface area contributed by atoms with Gasteiger partial charge < -0.3 is 10.1 Å². The SMILES string of the molecule is CCSC[C@@H](Oc1ccc(Cl)cc1Cl)C1CCNC1. The smallest absolute Gasteiger partial charge is 0.138 e. The van der Waals surface area contributed by atoms with Gasteiger partial charge in [-0.3, -0.25) is 0 Å². The van der Waals surface area contributed by atoms with Crippen LogP contribution in [0, 0.1) is 5.92 Å². The Bertz CT molecular complexity index is 410. The Morgan fingerprint density at radius 2 is 2.32 bits per heavy atom. The summed E-state index contributed by atoms with van der Waals surface area (Å²) in [6.45, 7) is 4.28. The third kappa shape index (κ3) is 4.45. The first-order chi connectivity index (χ1) is 9.20. The molecule has 0 amide bonds. The van der Waals surface area contributed by atoms with E-state index < -0.39 is 0 Å². The molecule has 1 heterocycles. The molecule has 5 heteroatoms. The average molecular weight is 320 g/mol. The van der Waals surface area contributed by atoms with Gasteiger partial charge in [0, 0.05) is 23.2 Å². The number of rotatable bonds is 6. The van der Waals surface area contributed by atoms with Crippen LogP contribution in [-0.4, -0.2) is 30.7 Å². The first-order valence-corrected chi connectivity index (χ1v) is 8.52. The molecule has 1 N–H and O–H groups in total. The summed E-state index contributed by atoms with van der Waals surface area (Å²) in [6.07, 6.45) is 1.37. The zero-order valence-electron chi connectivity index (χ0n) is 11.0. The van der Waals surface area contributed by atoms with Crippen molar-refractivity contribution in [3.05, 3.63) is 28.2 Å². The Morgan fingerprint density at radius 3 is 2.95 bits per heavy atom. The van der Waals surface area contributed by atoms with E-state index >= 15 is 0 Å². The molecule has 1 aliphatic rings. The fraction of sp³-hybridized carbons (Fsp3) is 0.571. The van der Waals surface area contributed by atoms with Crippen LogP contribution < -0.4 is 10.1 Å². The van der Waals surface area contributed by atoms with Crippen LogP contribution in [0.15, 0.2) is 18.2 Å². The molecule has 106 valence electrons. The fourth-order valence-corrected chi connectivity index (χ4v) is 3.49. The Hall–Kier alpha value is -0.0900. The van der Waals surface area contributed by atoms with Crippen LogP contribution in [0.25, 0.3) is 0 Å². The maximum Gasteiger partial charge on any atom is 0.138 e. The molecule has 2 atom stereocenters. The fourth-order valence-electron chi connectivity index (χ4n) is 2.23. The normalized spacial score (nSPS) is 20.5. The molecular weight excluding hydrogens is 301 g/mol. The Balaban J connectivity index is 2.05. The molecule has 1 unspecified atom stereocenters. The molecule has 0 spiro atoms. The van der Waals surface area contributed by atoms with Gasteiger partial charge in [0.15, 0.2) is 0 Å². The first-order valence-electron chi connectivity index (χ1n) is 6.61. The van der Waals surface area contributed by atoms with E-state index in [0.29, 0.717) is 16.0 Å². The predicted molar refractivity (Wildman–Crippen MR) is 84.9 cm³/mol. The molecule has 0 aromatic heterocycles. The predicted octanol–water partition coefficient (Wildman–Crippen LogP) is 4.10. The number of hydrogen-bond donors (Lipinski definition) is 1. The van der Waals surface area contributed by atoms with E-state index in [4.69, 9.17) is 27.9 Å². The van der Waals surface area contributed by atoms with Gasteiger partial charge >= 0.3 is 0 Å². The summed E-state index contributed by atoms with van der Waals surface area (Å²) in [4.78, 5) is 0. The minimum atomic E-state index is 0.207. The van der Waals surface area contributed by atoms with Crippen molar-refractivity contribution in [1.29, 1.82) is 0 Å². The van der Waals surface area contributed by atoms with Crippen LogP contribution in [0.5, 0.6) is 5.75 Å². The highest BCUT2D eigenvalue weighted by atomic mass is 35.5. The summed E-state index contributed by atoms with van der Waals surface area (Å²) in [6, 6.07) is 5.41. The minimum Gasteiger partial charge on any atom is -0.488 e. The van der Waals surface area contributed by atoms with E-state index in [1.165, 1.54) is 6.42 Å². The van der Waals surface area contributed by atoms with Crippen LogP contribution >= 0.6 is 35.0 Å². The van der Waals surface area contributed by atoms with Crippen molar-refractivity contribution in [1.82, 2.24) is 5.32 Å². The second-order valence-corrected chi connectivity index (χ2v) is 6.81. The van der Waals surface area contributed by atoms with Crippen molar-refractivity contribution < 1.29 is 4.74 Å². The highest BCUT2D eigenvalue weighted by Crippen LogP contribution is 2.31. The molecular formula is C14H19Cl2NOS. The molecule has 1 aliphatic heterocycles. The number of thioether (sulfide) groups is 1. The van der Waals surface area contributed by atoms with E-state index in [0.717, 1.165) is 30.3 Å². The summed E-state index contributed by atoms with van der Waals surface area (Å²) in [5, 5.41) is 4.62. The Labute approximate surface area is 129 Å². The van der Waals surface area contributed by atoms with Gasteiger partial charge in [-0.2, -0.15) is 11.8 Å². The van der Waals surface area contributed by atoms with Crippen molar-refractivity contribution in [2.75, 3.05) is 24.6 Å². The maximum absolute atomic E-state index is 6.18. The molecule has 2 rings (SSSR count). The summed E-state index contributed by atoms with van der Waals surface area (Å²) in [7, 11) is 0. The summed E-state index contributed by atoms with van der Waals surface area (Å²) >= 11 is 14.0. The van der Waals surface area contributed by atoms with E-state index in [1.54, 1.807) is 6.07 Å². The standard InChI is InChI=1S/C14H19Cl2NOS/c1-2-19-9-14(10-5-6-17-8-10)18-13-4-3-11(15)7-12(13)16/h3-4,7,10,14,17H,2,5-6,8-9H2,1H3/t10?,14-/m1/s1. The monoisotopic (exact) mass is 319 g/mol. The Morgan fingerprint density at radius 1 is 1.47 bits per heavy atom. The molecule has 1 aromatic carbocycles. The van der Waals surface area contributed by atoms with E-state index in [9.17, 15) is 0 Å².